The summed E-state index contributed by atoms with van der Waals surface area (Å²) in [6, 6.07) is 0. The van der Waals surface area contributed by atoms with E-state index in [9.17, 15) is 18.0 Å². The molecule has 0 saturated heterocycles. The zero-order valence-corrected chi connectivity index (χ0v) is 9.35. The molecule has 0 aliphatic heterocycles. The van der Waals surface area contributed by atoms with E-state index in [1.54, 1.807) is 22.6 Å². The Morgan fingerprint density at radius 1 is 1.53 bits per heavy atom. The van der Waals surface area contributed by atoms with Crippen LogP contribution in [-0.2, 0) is 6.54 Å². The fraction of sp³-hybridized carbons (Fsp3) is 0.286. The maximum atomic E-state index is 12.0. The van der Waals surface area contributed by atoms with Gasteiger partial charge in [0, 0.05) is 12.7 Å². The number of nitrogens with two attached hydrogens (primary N) is 1. The molecule has 0 aliphatic rings. The van der Waals surface area contributed by atoms with Crippen LogP contribution in [0.5, 0.6) is 5.75 Å². The van der Waals surface area contributed by atoms with Gasteiger partial charge in [-0.05, 0) is 22.6 Å². The molecule has 0 spiro atoms. The molecule has 1 aromatic rings. The smallest absolute Gasteiger partial charge is 0.404 e. The Kier molecular flexibility index (Phi) is 3.60. The Morgan fingerprint density at radius 3 is 2.60 bits per heavy atom. The second-order valence-electron chi connectivity index (χ2n) is 2.53. The lowest BCUT2D eigenvalue weighted by Crippen LogP contribution is -2.24. The van der Waals surface area contributed by atoms with E-state index < -0.39 is 17.7 Å². The molecular formula is C7H6F3IN2O2. The van der Waals surface area contributed by atoms with Crippen molar-refractivity contribution < 1.29 is 17.9 Å². The SMILES string of the molecule is NCc1c(OC(F)(F)F)c(I)c[nH]c1=O. The Labute approximate surface area is 95.8 Å². The second kappa shape index (κ2) is 4.39. The van der Waals surface area contributed by atoms with Gasteiger partial charge in [-0.25, -0.2) is 0 Å². The fourth-order valence-electron chi connectivity index (χ4n) is 0.940. The number of H-pyrrole nitrogens is 1. The van der Waals surface area contributed by atoms with Crippen molar-refractivity contribution in [2.75, 3.05) is 0 Å². The summed E-state index contributed by atoms with van der Waals surface area (Å²) in [4.78, 5) is 13.4. The van der Waals surface area contributed by atoms with E-state index in [1.807, 2.05) is 0 Å². The van der Waals surface area contributed by atoms with E-state index in [0.29, 0.717) is 0 Å². The predicted octanol–water partition coefficient (Wildman–Crippen LogP) is 1.34. The quantitative estimate of drug-likeness (QED) is 0.802. The number of pyridine rings is 1. The average molecular weight is 334 g/mol. The van der Waals surface area contributed by atoms with Crippen molar-refractivity contribution in [1.82, 2.24) is 4.98 Å². The molecule has 0 radical (unpaired) electrons. The van der Waals surface area contributed by atoms with Gasteiger partial charge in [0.2, 0.25) is 0 Å². The minimum absolute atomic E-state index is 0.143. The molecule has 0 aliphatic carbocycles. The van der Waals surface area contributed by atoms with Gasteiger partial charge in [0.25, 0.3) is 5.56 Å². The third-order valence-corrected chi connectivity index (χ3v) is 2.32. The number of ether oxygens (including phenoxy) is 1. The number of halogens is 4. The Hall–Kier alpha value is -0.770. The van der Waals surface area contributed by atoms with Gasteiger partial charge in [-0.1, -0.05) is 0 Å². The molecule has 0 amide bonds. The standard InChI is InChI=1S/C7H6F3IN2O2/c8-7(9,10)15-5-3(1-12)6(14)13-2-4(5)11/h2H,1,12H2,(H,13,14). The van der Waals surface area contributed by atoms with E-state index in [0.717, 1.165) is 6.20 Å². The van der Waals surface area contributed by atoms with Gasteiger partial charge in [-0.3, -0.25) is 4.79 Å². The van der Waals surface area contributed by atoms with Crippen molar-refractivity contribution in [3.8, 4) is 5.75 Å². The second-order valence-corrected chi connectivity index (χ2v) is 3.69. The van der Waals surface area contributed by atoms with Gasteiger partial charge in [-0.2, -0.15) is 0 Å². The molecule has 0 saturated carbocycles. The number of aromatic amines is 1. The lowest BCUT2D eigenvalue weighted by atomic mass is 10.2. The minimum atomic E-state index is -4.84. The highest BCUT2D eigenvalue weighted by atomic mass is 127. The summed E-state index contributed by atoms with van der Waals surface area (Å²) >= 11 is 1.62. The number of aromatic nitrogens is 1. The highest BCUT2D eigenvalue weighted by molar-refractivity contribution is 14.1. The van der Waals surface area contributed by atoms with Crippen molar-refractivity contribution >= 4 is 22.6 Å². The Bertz CT molecular complexity index is 416. The molecule has 84 valence electrons. The molecular weight excluding hydrogens is 328 g/mol. The van der Waals surface area contributed by atoms with E-state index in [4.69, 9.17) is 5.73 Å². The Balaban J connectivity index is 3.26. The van der Waals surface area contributed by atoms with Crippen LogP contribution in [0.3, 0.4) is 0 Å². The van der Waals surface area contributed by atoms with E-state index >= 15 is 0 Å². The molecule has 4 nitrogen and oxygen atoms in total. The fourth-order valence-corrected chi connectivity index (χ4v) is 1.53. The van der Waals surface area contributed by atoms with E-state index in [2.05, 4.69) is 9.72 Å². The van der Waals surface area contributed by atoms with Crippen LogP contribution in [0, 0.1) is 3.57 Å². The van der Waals surface area contributed by atoms with E-state index in [-0.39, 0.29) is 15.7 Å². The molecule has 0 aromatic carbocycles. The molecule has 1 aromatic heterocycles. The van der Waals surface area contributed by atoms with Gasteiger partial charge in [0.1, 0.15) is 0 Å². The van der Waals surface area contributed by atoms with Crippen LogP contribution in [0.2, 0.25) is 0 Å². The number of hydrogen-bond donors (Lipinski definition) is 2. The zero-order valence-electron chi connectivity index (χ0n) is 7.19. The van der Waals surface area contributed by atoms with Crippen molar-refractivity contribution in [2.24, 2.45) is 5.73 Å². The van der Waals surface area contributed by atoms with Gasteiger partial charge < -0.3 is 15.5 Å². The molecule has 0 bridgehead atoms. The van der Waals surface area contributed by atoms with Crippen LogP contribution in [0.1, 0.15) is 5.56 Å². The highest BCUT2D eigenvalue weighted by Gasteiger charge is 2.33. The summed E-state index contributed by atoms with van der Waals surface area (Å²) in [5.41, 5.74) is 4.26. The predicted molar refractivity (Wildman–Crippen MR) is 54.4 cm³/mol. The molecule has 3 N–H and O–H groups in total. The monoisotopic (exact) mass is 334 g/mol. The van der Waals surface area contributed by atoms with Gasteiger partial charge >= 0.3 is 6.36 Å². The summed E-state index contributed by atoms with van der Waals surface area (Å²) in [6.07, 6.45) is -3.71. The first-order chi connectivity index (χ1) is 6.85. The minimum Gasteiger partial charge on any atom is -0.404 e. The zero-order chi connectivity index (χ0) is 11.6. The van der Waals surface area contributed by atoms with Crippen LogP contribution in [0.25, 0.3) is 0 Å². The first kappa shape index (κ1) is 12.3. The lowest BCUT2D eigenvalue weighted by Gasteiger charge is -2.12. The number of alkyl halides is 3. The Morgan fingerprint density at radius 2 is 2.13 bits per heavy atom. The van der Waals surface area contributed by atoms with Crippen molar-refractivity contribution in [3.05, 3.63) is 25.7 Å². The molecule has 0 atom stereocenters. The van der Waals surface area contributed by atoms with Gasteiger partial charge in [0.15, 0.2) is 5.75 Å². The maximum Gasteiger partial charge on any atom is 0.573 e. The molecule has 1 rings (SSSR count). The largest absolute Gasteiger partial charge is 0.573 e. The summed E-state index contributed by atoms with van der Waals surface area (Å²) in [5.74, 6) is -0.533. The summed E-state index contributed by atoms with van der Waals surface area (Å²) in [7, 11) is 0. The van der Waals surface area contributed by atoms with Crippen molar-refractivity contribution in [3.63, 3.8) is 0 Å². The average Bonchev–Trinajstić information content (AvgIpc) is 2.10. The molecule has 0 fully saturated rings. The van der Waals surface area contributed by atoms with Gasteiger partial charge in [0.05, 0.1) is 9.13 Å². The molecule has 0 unspecified atom stereocenters. The summed E-state index contributed by atoms with van der Waals surface area (Å²) in [6.45, 7) is -0.322. The van der Waals surface area contributed by atoms with Gasteiger partial charge in [-0.15, -0.1) is 13.2 Å². The van der Waals surface area contributed by atoms with Crippen LogP contribution in [-0.4, -0.2) is 11.3 Å². The van der Waals surface area contributed by atoms with Crippen LogP contribution in [0.4, 0.5) is 13.2 Å². The highest BCUT2D eigenvalue weighted by Crippen LogP contribution is 2.28. The van der Waals surface area contributed by atoms with Crippen LogP contribution < -0.4 is 16.0 Å². The van der Waals surface area contributed by atoms with Crippen molar-refractivity contribution in [2.45, 2.75) is 12.9 Å². The van der Waals surface area contributed by atoms with Crippen molar-refractivity contribution in [1.29, 1.82) is 0 Å². The normalized spacial score (nSPS) is 11.5. The number of rotatable bonds is 2. The lowest BCUT2D eigenvalue weighted by molar-refractivity contribution is -0.275. The van der Waals surface area contributed by atoms with Crippen LogP contribution in [0.15, 0.2) is 11.0 Å². The topological polar surface area (TPSA) is 68.1 Å². The summed E-state index contributed by atoms with van der Waals surface area (Å²) in [5, 5.41) is 0. The molecule has 15 heavy (non-hydrogen) atoms. The summed E-state index contributed by atoms with van der Waals surface area (Å²) < 4.78 is 39.8. The van der Waals surface area contributed by atoms with E-state index in [1.165, 1.54) is 0 Å². The molecule has 1 heterocycles. The van der Waals surface area contributed by atoms with Crippen LogP contribution >= 0.6 is 22.6 Å². The first-order valence-corrected chi connectivity index (χ1v) is 4.79. The maximum absolute atomic E-state index is 12.0. The number of hydrogen-bond acceptors (Lipinski definition) is 3. The number of nitrogens with one attached hydrogen (secondary N) is 1. The first-order valence-electron chi connectivity index (χ1n) is 3.71. The third kappa shape index (κ3) is 3.09. The molecule has 8 heteroatoms. The third-order valence-electron chi connectivity index (χ3n) is 1.52.